The third kappa shape index (κ3) is 4.91. The first-order chi connectivity index (χ1) is 6.82. The van der Waals surface area contributed by atoms with Crippen molar-refractivity contribution in [3.05, 3.63) is 0 Å². The Labute approximate surface area is 108 Å². The molecule has 0 bridgehead atoms. The second kappa shape index (κ2) is 8.17. The number of carboxylic acids is 1. The van der Waals surface area contributed by atoms with Crippen LogP contribution >= 0.6 is 0 Å². The Morgan fingerprint density at radius 1 is 1.00 bits per heavy atom. The molecule has 16 heavy (non-hydrogen) atoms. The van der Waals surface area contributed by atoms with Crippen LogP contribution in [0.2, 0.25) is 0 Å². The Bertz CT molecular complexity index is 213. The molecule has 0 spiro atoms. The van der Waals surface area contributed by atoms with E-state index in [1.807, 2.05) is 0 Å². The van der Waals surface area contributed by atoms with Crippen molar-refractivity contribution in [2.24, 2.45) is 0 Å². The van der Waals surface area contributed by atoms with Crippen LogP contribution in [0.4, 0.5) is 0 Å². The zero-order valence-corrected chi connectivity index (χ0v) is 10.9. The molecule has 6 N–H and O–H groups in total. The molecule has 0 rings (SSSR count). The average molecular weight is 344 g/mol. The molecule has 0 radical (unpaired) electrons. The molecule has 0 aromatic carbocycles. The minimum absolute atomic E-state index is 0. The Balaban J connectivity index is 0. The topological polar surface area (TPSA) is 162 Å². The van der Waals surface area contributed by atoms with Gasteiger partial charge in [-0.2, -0.15) is 0 Å². The van der Waals surface area contributed by atoms with Crippen molar-refractivity contribution in [1.82, 2.24) is 0 Å². The summed E-state index contributed by atoms with van der Waals surface area (Å²) in [6.07, 6.45) is -10.5. The Kier molecular flexibility index (Phi) is 9.39. The summed E-state index contributed by atoms with van der Waals surface area (Å²) in [7, 11) is 0. The van der Waals surface area contributed by atoms with Crippen LogP contribution in [-0.2, 0) is 4.79 Å². The molecule has 8 nitrogen and oxygen atoms in total. The van der Waals surface area contributed by atoms with E-state index in [0.717, 1.165) is 0 Å². The molecule has 0 saturated carbocycles. The number of aliphatic carboxylic acids is 1. The van der Waals surface area contributed by atoms with Crippen LogP contribution in [0.3, 0.4) is 0 Å². The molecule has 0 aromatic rings. The molecule has 0 heterocycles. The summed E-state index contributed by atoms with van der Waals surface area (Å²) >= 11 is 0. The second-order valence-corrected chi connectivity index (χ2v) is 2.99. The smallest absolute Gasteiger partial charge is 0.547 e. The fraction of sp³-hybridized carbons (Fsp3) is 0.857. The Hall–Kier alpha value is 0.0287. The molecule has 5 atom stereocenters. The quantitative estimate of drug-likeness (QED) is 0.260. The molecule has 0 unspecified atom stereocenters. The van der Waals surface area contributed by atoms with Gasteiger partial charge in [-0.3, -0.25) is 0 Å². The molecule has 90 valence electrons. The molecule has 0 aliphatic heterocycles. The van der Waals surface area contributed by atoms with Crippen molar-refractivity contribution in [3.8, 4) is 0 Å². The zero-order chi connectivity index (χ0) is 12.2. The maximum Gasteiger partial charge on any atom is 4.00 e. The van der Waals surface area contributed by atoms with Gasteiger partial charge in [0.1, 0.15) is 30.5 Å². The van der Waals surface area contributed by atoms with Gasteiger partial charge < -0.3 is 40.5 Å². The van der Waals surface area contributed by atoms with E-state index in [1.54, 1.807) is 0 Å². The van der Waals surface area contributed by atoms with Gasteiger partial charge in [0.15, 0.2) is 0 Å². The molecule has 0 aliphatic rings. The van der Waals surface area contributed by atoms with Crippen LogP contribution in [0.15, 0.2) is 0 Å². The van der Waals surface area contributed by atoms with Gasteiger partial charge in [0, 0.05) is 0 Å². The van der Waals surface area contributed by atoms with E-state index >= 15 is 0 Å². The number of hydrogen-bond donors (Lipinski definition) is 6. The van der Waals surface area contributed by atoms with Crippen molar-refractivity contribution in [1.29, 1.82) is 0 Å². The minimum Gasteiger partial charge on any atom is -0.547 e. The van der Waals surface area contributed by atoms with E-state index in [0.29, 0.717) is 0 Å². The molecular formula is C7H13O8Sn+3. The van der Waals surface area contributed by atoms with Gasteiger partial charge in [-0.05, 0) is 0 Å². The average Bonchev–Trinajstić information content (AvgIpc) is 2.23. The van der Waals surface area contributed by atoms with Crippen molar-refractivity contribution >= 4 is 29.9 Å². The molecule has 0 amide bonds. The van der Waals surface area contributed by atoms with Crippen LogP contribution in [0.25, 0.3) is 0 Å². The number of aliphatic hydroxyl groups is 6. The van der Waals surface area contributed by atoms with Crippen LogP contribution in [0.1, 0.15) is 0 Å². The van der Waals surface area contributed by atoms with E-state index in [4.69, 9.17) is 30.6 Å². The number of carboxylic acid groups (broad SMARTS) is 1. The number of hydrogen-bond acceptors (Lipinski definition) is 8. The second-order valence-electron chi connectivity index (χ2n) is 2.99. The Morgan fingerprint density at radius 2 is 1.44 bits per heavy atom. The monoisotopic (exact) mass is 345 g/mol. The minimum atomic E-state index is -2.40. The number of rotatable bonds is 6. The first kappa shape index (κ1) is 18.4. The van der Waals surface area contributed by atoms with Crippen LogP contribution in [0, 0.1) is 0 Å². The summed E-state index contributed by atoms with van der Waals surface area (Å²) in [5, 5.41) is 63.2. The van der Waals surface area contributed by atoms with Gasteiger partial charge >= 0.3 is 23.9 Å². The fourth-order valence-corrected chi connectivity index (χ4v) is 0.864. The van der Waals surface area contributed by atoms with E-state index < -0.39 is 43.1 Å². The standard InChI is InChI=1S/C7H14O8.Sn/c8-1-2(9)3(10)4(11)5(12)6(13)7(14)15;/h2-6,8-13H,1H2,(H,14,15);/q;+4/p-1/t2-,3+,4+,5-,6+;/m0./s1. The summed E-state index contributed by atoms with van der Waals surface area (Å²) < 4.78 is 0. The largest absolute Gasteiger partial charge is 4.00 e. The molecule has 9 heteroatoms. The van der Waals surface area contributed by atoms with E-state index in [1.165, 1.54) is 0 Å². The number of aliphatic hydroxyl groups excluding tert-OH is 6. The molecular weight excluding hydrogens is 331 g/mol. The van der Waals surface area contributed by atoms with Gasteiger partial charge in [-0.1, -0.05) is 0 Å². The zero-order valence-electron chi connectivity index (χ0n) is 8.09. The van der Waals surface area contributed by atoms with Crippen LogP contribution in [0.5, 0.6) is 0 Å². The molecule has 0 saturated heterocycles. The summed E-state index contributed by atoms with van der Waals surface area (Å²) in [5.41, 5.74) is 0. The first-order valence-corrected chi connectivity index (χ1v) is 4.05. The summed E-state index contributed by atoms with van der Waals surface area (Å²) in [6.45, 7) is -0.896. The predicted octanol–water partition coefficient (Wildman–Crippen LogP) is -5.85. The third-order valence-electron chi connectivity index (χ3n) is 1.85. The first-order valence-electron chi connectivity index (χ1n) is 4.05. The third-order valence-corrected chi connectivity index (χ3v) is 1.85. The van der Waals surface area contributed by atoms with Crippen molar-refractivity contribution < 1.29 is 40.5 Å². The summed E-state index contributed by atoms with van der Waals surface area (Å²) in [4.78, 5) is 10.1. The normalized spacial score (nSPS) is 20.1. The van der Waals surface area contributed by atoms with Crippen LogP contribution in [-0.4, -0.2) is 97.6 Å². The molecule has 0 aromatic heterocycles. The predicted molar refractivity (Wildman–Crippen MR) is 47.9 cm³/mol. The van der Waals surface area contributed by atoms with Crippen molar-refractivity contribution in [3.63, 3.8) is 0 Å². The van der Waals surface area contributed by atoms with Crippen LogP contribution < -0.4 is 5.11 Å². The summed E-state index contributed by atoms with van der Waals surface area (Å²) in [5.74, 6) is -2.03. The SMILES string of the molecule is O=C([O-])[C@H](O)[C@@H](O)[C@H](O)[C@H](O)[C@@H](O)CO.[Sn+4]. The van der Waals surface area contributed by atoms with Gasteiger partial charge in [-0.25, -0.2) is 0 Å². The Morgan fingerprint density at radius 3 is 1.75 bits per heavy atom. The van der Waals surface area contributed by atoms with Crippen molar-refractivity contribution in [2.45, 2.75) is 30.5 Å². The number of carbonyl (C=O) groups is 1. The van der Waals surface area contributed by atoms with E-state index in [9.17, 15) is 9.90 Å². The number of carbonyl (C=O) groups excluding carboxylic acids is 1. The van der Waals surface area contributed by atoms with Gasteiger partial charge in [0.05, 0.1) is 12.6 Å². The maximum atomic E-state index is 10.1. The van der Waals surface area contributed by atoms with E-state index in [2.05, 4.69) is 0 Å². The molecule has 0 aliphatic carbocycles. The maximum absolute atomic E-state index is 10.1. The van der Waals surface area contributed by atoms with Crippen molar-refractivity contribution in [2.75, 3.05) is 6.61 Å². The van der Waals surface area contributed by atoms with Gasteiger partial charge in [0.2, 0.25) is 0 Å². The van der Waals surface area contributed by atoms with Gasteiger partial charge in [0.25, 0.3) is 0 Å². The van der Waals surface area contributed by atoms with E-state index in [-0.39, 0.29) is 23.9 Å². The van der Waals surface area contributed by atoms with Gasteiger partial charge in [-0.15, -0.1) is 0 Å². The summed E-state index contributed by atoms with van der Waals surface area (Å²) in [6, 6.07) is 0. The fourth-order valence-electron chi connectivity index (χ4n) is 0.864. The molecule has 0 fully saturated rings.